The van der Waals surface area contributed by atoms with Crippen LogP contribution in [0.2, 0.25) is 0 Å². The summed E-state index contributed by atoms with van der Waals surface area (Å²) in [6.45, 7) is 4.00. The summed E-state index contributed by atoms with van der Waals surface area (Å²) in [5.74, 6) is 0.405. The van der Waals surface area contributed by atoms with E-state index >= 15 is 0 Å². The van der Waals surface area contributed by atoms with Gasteiger partial charge in [0.25, 0.3) is 0 Å². The number of alkyl halides is 2. The summed E-state index contributed by atoms with van der Waals surface area (Å²) in [6, 6.07) is 6.02. The summed E-state index contributed by atoms with van der Waals surface area (Å²) in [7, 11) is 1.44. The third-order valence-corrected chi connectivity index (χ3v) is 3.48. The van der Waals surface area contributed by atoms with Gasteiger partial charge in [0.1, 0.15) is 0 Å². The summed E-state index contributed by atoms with van der Waals surface area (Å²) in [5.41, 5.74) is 0.938. The van der Waals surface area contributed by atoms with Crippen LogP contribution >= 0.6 is 12.4 Å². The number of rotatable bonds is 5. The number of halogens is 3. The molecule has 4 nitrogen and oxygen atoms in total. The molecule has 2 atom stereocenters. The predicted octanol–water partition coefficient (Wildman–Crippen LogP) is 2.90. The maximum absolute atomic E-state index is 12.4. The first kappa shape index (κ1) is 18.9. The summed E-state index contributed by atoms with van der Waals surface area (Å²) >= 11 is 0. The van der Waals surface area contributed by atoms with Gasteiger partial charge in [-0.25, -0.2) is 0 Å². The number of piperazine rings is 1. The molecule has 1 saturated heterocycles. The van der Waals surface area contributed by atoms with Crippen molar-refractivity contribution < 1.29 is 18.3 Å². The molecule has 1 heterocycles. The second-order valence-electron chi connectivity index (χ2n) is 5.53. The van der Waals surface area contributed by atoms with Gasteiger partial charge >= 0.3 is 6.61 Å². The zero-order valence-corrected chi connectivity index (χ0v) is 13.8. The normalized spacial score (nSPS) is 22.3. The molecular formula is C15H23ClF2N2O2. The highest BCUT2D eigenvalue weighted by Gasteiger charge is 2.21. The lowest BCUT2D eigenvalue weighted by atomic mass is 10.1. The lowest BCUT2D eigenvalue weighted by Crippen LogP contribution is -2.53. The van der Waals surface area contributed by atoms with Crippen LogP contribution in [0.25, 0.3) is 0 Å². The molecule has 1 aromatic carbocycles. The SMILES string of the molecule is COc1ccc(CN2CC(C)NC(C)C2)cc1OC(F)F.Cl. The minimum atomic E-state index is -2.85. The van der Waals surface area contributed by atoms with Crippen molar-refractivity contribution in [3.63, 3.8) is 0 Å². The molecule has 0 bridgehead atoms. The third-order valence-electron chi connectivity index (χ3n) is 3.48. The quantitative estimate of drug-likeness (QED) is 0.896. The van der Waals surface area contributed by atoms with Crippen molar-refractivity contribution >= 4 is 12.4 Å². The largest absolute Gasteiger partial charge is 0.493 e. The first-order valence-corrected chi connectivity index (χ1v) is 7.08. The van der Waals surface area contributed by atoms with Crippen molar-refractivity contribution in [3.8, 4) is 11.5 Å². The number of methoxy groups -OCH3 is 1. The van der Waals surface area contributed by atoms with E-state index in [1.54, 1.807) is 12.1 Å². The van der Waals surface area contributed by atoms with E-state index in [0.717, 1.165) is 18.7 Å². The number of hydrogen-bond acceptors (Lipinski definition) is 4. The van der Waals surface area contributed by atoms with Crippen molar-refractivity contribution in [2.75, 3.05) is 20.2 Å². The summed E-state index contributed by atoms with van der Waals surface area (Å²) in [4.78, 5) is 2.31. The van der Waals surface area contributed by atoms with Crippen LogP contribution in [0.15, 0.2) is 18.2 Å². The zero-order valence-electron chi connectivity index (χ0n) is 13.0. The van der Waals surface area contributed by atoms with Gasteiger partial charge in [0.15, 0.2) is 11.5 Å². The van der Waals surface area contributed by atoms with Crippen LogP contribution in [0, 0.1) is 0 Å². The highest BCUT2D eigenvalue weighted by molar-refractivity contribution is 5.85. The molecule has 1 aromatic rings. The molecule has 1 fully saturated rings. The second-order valence-corrected chi connectivity index (χ2v) is 5.53. The van der Waals surface area contributed by atoms with E-state index in [-0.39, 0.29) is 18.2 Å². The van der Waals surface area contributed by atoms with Crippen LogP contribution in [0.4, 0.5) is 8.78 Å². The monoisotopic (exact) mass is 336 g/mol. The van der Waals surface area contributed by atoms with Gasteiger partial charge in [-0.1, -0.05) is 6.07 Å². The van der Waals surface area contributed by atoms with Crippen LogP contribution in [0.3, 0.4) is 0 Å². The zero-order chi connectivity index (χ0) is 15.4. The Bertz CT molecular complexity index is 467. The highest BCUT2D eigenvalue weighted by Crippen LogP contribution is 2.30. The number of benzene rings is 1. The minimum absolute atomic E-state index is 0. The van der Waals surface area contributed by atoms with Crippen molar-refractivity contribution in [1.29, 1.82) is 0 Å². The Labute approximate surface area is 136 Å². The summed E-state index contributed by atoms with van der Waals surface area (Å²) in [6.07, 6.45) is 0. The van der Waals surface area contributed by atoms with E-state index in [2.05, 4.69) is 28.8 Å². The Balaban J connectivity index is 0.00000242. The topological polar surface area (TPSA) is 33.7 Å². The summed E-state index contributed by atoms with van der Waals surface area (Å²) < 4.78 is 34.4. The molecule has 1 N–H and O–H groups in total. The lowest BCUT2D eigenvalue weighted by molar-refractivity contribution is -0.0512. The Morgan fingerprint density at radius 3 is 2.41 bits per heavy atom. The highest BCUT2D eigenvalue weighted by atomic mass is 35.5. The Kier molecular flexibility index (Phi) is 7.32. The minimum Gasteiger partial charge on any atom is -0.493 e. The molecule has 22 heavy (non-hydrogen) atoms. The smallest absolute Gasteiger partial charge is 0.387 e. The maximum atomic E-state index is 12.4. The van der Waals surface area contributed by atoms with Gasteiger partial charge in [0.05, 0.1) is 7.11 Å². The van der Waals surface area contributed by atoms with Crippen molar-refractivity contribution in [2.45, 2.75) is 39.1 Å². The van der Waals surface area contributed by atoms with E-state index in [1.165, 1.54) is 7.11 Å². The van der Waals surface area contributed by atoms with Crippen LogP contribution in [-0.2, 0) is 6.54 Å². The molecule has 0 aliphatic carbocycles. The third kappa shape index (κ3) is 5.26. The van der Waals surface area contributed by atoms with Crippen LogP contribution in [0.5, 0.6) is 11.5 Å². The molecule has 0 spiro atoms. The van der Waals surface area contributed by atoms with Crippen LogP contribution in [-0.4, -0.2) is 43.8 Å². The van der Waals surface area contributed by atoms with Gasteiger partial charge in [-0.15, -0.1) is 12.4 Å². The molecule has 1 aliphatic heterocycles. The molecule has 1 aliphatic rings. The van der Waals surface area contributed by atoms with Crippen LogP contribution in [0.1, 0.15) is 19.4 Å². The van der Waals surface area contributed by atoms with Gasteiger partial charge < -0.3 is 14.8 Å². The molecule has 7 heteroatoms. The fourth-order valence-corrected chi connectivity index (χ4v) is 2.84. The molecule has 0 aromatic heterocycles. The van der Waals surface area contributed by atoms with E-state index in [9.17, 15) is 8.78 Å². The van der Waals surface area contributed by atoms with E-state index in [4.69, 9.17) is 4.74 Å². The Morgan fingerprint density at radius 1 is 1.23 bits per heavy atom. The number of hydrogen-bond donors (Lipinski definition) is 1. The predicted molar refractivity (Wildman–Crippen MR) is 84.2 cm³/mol. The van der Waals surface area contributed by atoms with Gasteiger partial charge in [-0.3, -0.25) is 4.90 Å². The van der Waals surface area contributed by atoms with Gasteiger partial charge in [0, 0.05) is 31.7 Å². The number of ether oxygens (including phenoxy) is 2. The lowest BCUT2D eigenvalue weighted by Gasteiger charge is -2.36. The average molecular weight is 337 g/mol. The molecule has 2 rings (SSSR count). The Hall–Kier alpha value is -1.11. The molecular weight excluding hydrogens is 314 g/mol. The molecule has 0 amide bonds. The van der Waals surface area contributed by atoms with E-state index in [0.29, 0.717) is 24.4 Å². The Morgan fingerprint density at radius 2 is 1.86 bits per heavy atom. The maximum Gasteiger partial charge on any atom is 0.387 e. The van der Waals surface area contributed by atoms with Crippen LogP contribution < -0.4 is 14.8 Å². The average Bonchev–Trinajstić information content (AvgIpc) is 2.37. The first-order chi connectivity index (χ1) is 9.97. The molecule has 0 saturated carbocycles. The van der Waals surface area contributed by atoms with Crippen molar-refractivity contribution in [3.05, 3.63) is 23.8 Å². The number of nitrogens with zero attached hydrogens (tertiary/aromatic N) is 1. The molecule has 0 radical (unpaired) electrons. The fourth-order valence-electron chi connectivity index (χ4n) is 2.84. The van der Waals surface area contributed by atoms with E-state index in [1.807, 2.05) is 6.07 Å². The van der Waals surface area contributed by atoms with Gasteiger partial charge in [-0.2, -0.15) is 8.78 Å². The number of nitrogens with one attached hydrogen (secondary N) is 1. The first-order valence-electron chi connectivity index (χ1n) is 7.08. The van der Waals surface area contributed by atoms with Gasteiger partial charge in [0.2, 0.25) is 0 Å². The second kappa shape index (κ2) is 8.50. The standard InChI is InChI=1S/C15H22F2N2O2.ClH/c1-10-7-19(8-11(2)18-10)9-12-4-5-13(20-3)14(6-12)21-15(16)17;/h4-6,10-11,15,18H,7-9H2,1-3H3;1H. The molecule has 126 valence electrons. The fraction of sp³-hybridized carbons (Fsp3) is 0.600. The van der Waals surface area contributed by atoms with Crippen molar-refractivity contribution in [2.24, 2.45) is 0 Å². The van der Waals surface area contributed by atoms with E-state index < -0.39 is 6.61 Å². The molecule has 2 unspecified atom stereocenters. The summed E-state index contributed by atoms with van der Waals surface area (Å²) in [5, 5.41) is 3.47. The van der Waals surface area contributed by atoms with Gasteiger partial charge in [-0.05, 0) is 31.5 Å². The van der Waals surface area contributed by atoms with Crippen molar-refractivity contribution in [1.82, 2.24) is 10.2 Å².